The van der Waals surface area contributed by atoms with Crippen molar-refractivity contribution in [1.29, 1.82) is 0 Å². The highest BCUT2D eigenvalue weighted by atomic mass is 79.9. The van der Waals surface area contributed by atoms with E-state index in [9.17, 15) is 0 Å². The summed E-state index contributed by atoms with van der Waals surface area (Å²) >= 11 is 3.73. The van der Waals surface area contributed by atoms with E-state index in [2.05, 4.69) is 63.9 Å². The molecule has 1 unspecified atom stereocenters. The van der Waals surface area contributed by atoms with Gasteiger partial charge in [-0.1, -0.05) is 26.2 Å². The predicted molar refractivity (Wildman–Crippen MR) is 91.5 cm³/mol. The van der Waals surface area contributed by atoms with Crippen molar-refractivity contribution in [1.82, 2.24) is 20.0 Å². The van der Waals surface area contributed by atoms with Crippen molar-refractivity contribution in [2.45, 2.75) is 64.1 Å². The third kappa shape index (κ3) is 3.20. The molecule has 1 heterocycles. The van der Waals surface area contributed by atoms with Gasteiger partial charge in [0.2, 0.25) is 0 Å². The highest BCUT2D eigenvalue weighted by Crippen LogP contribution is 2.43. The molecule has 0 spiro atoms. The topological polar surface area (TPSA) is 33.1 Å². The number of nitrogens with zero attached hydrogens (tertiary/aromatic N) is 3. The molecule has 2 rings (SSSR count). The van der Waals surface area contributed by atoms with Crippen LogP contribution in [0.1, 0.15) is 57.7 Å². The van der Waals surface area contributed by atoms with Crippen LogP contribution in [0.3, 0.4) is 0 Å². The SMILES string of the molecule is CCNC(c1c(Br)cnn1CC)C1(N(C)C)CCCCC1. The van der Waals surface area contributed by atoms with Crippen LogP contribution in [0, 0.1) is 0 Å². The largest absolute Gasteiger partial charge is 0.307 e. The highest BCUT2D eigenvalue weighted by Gasteiger charge is 2.44. The molecule has 0 aromatic carbocycles. The first-order valence-electron chi connectivity index (χ1n) is 8.18. The number of hydrogen-bond acceptors (Lipinski definition) is 3. The predicted octanol–water partition coefficient (Wildman–Crippen LogP) is 3.58. The lowest BCUT2D eigenvalue weighted by atomic mass is 9.74. The minimum absolute atomic E-state index is 0.184. The average molecular weight is 357 g/mol. The molecular weight excluding hydrogens is 328 g/mol. The summed E-state index contributed by atoms with van der Waals surface area (Å²) in [6, 6.07) is 0.314. The van der Waals surface area contributed by atoms with Gasteiger partial charge in [0.05, 0.1) is 22.4 Å². The normalized spacial score (nSPS) is 19.9. The summed E-state index contributed by atoms with van der Waals surface area (Å²) < 4.78 is 3.26. The second kappa shape index (κ2) is 7.25. The maximum absolute atomic E-state index is 4.53. The fraction of sp³-hybridized carbons (Fsp3) is 0.812. The van der Waals surface area contributed by atoms with Crippen LogP contribution in [0.25, 0.3) is 0 Å². The van der Waals surface area contributed by atoms with Gasteiger partial charge in [0.15, 0.2) is 0 Å². The molecule has 0 radical (unpaired) electrons. The van der Waals surface area contributed by atoms with Crippen LogP contribution in [0.2, 0.25) is 0 Å². The monoisotopic (exact) mass is 356 g/mol. The van der Waals surface area contributed by atoms with E-state index < -0.39 is 0 Å². The van der Waals surface area contributed by atoms with E-state index in [-0.39, 0.29) is 5.54 Å². The molecule has 120 valence electrons. The van der Waals surface area contributed by atoms with E-state index in [1.54, 1.807) is 0 Å². The van der Waals surface area contributed by atoms with Crippen molar-refractivity contribution in [3.63, 3.8) is 0 Å². The van der Waals surface area contributed by atoms with Crippen LogP contribution in [-0.2, 0) is 6.54 Å². The lowest BCUT2D eigenvalue weighted by molar-refractivity contribution is 0.0533. The van der Waals surface area contributed by atoms with E-state index in [1.165, 1.54) is 37.8 Å². The molecule has 0 saturated heterocycles. The van der Waals surface area contributed by atoms with E-state index >= 15 is 0 Å². The van der Waals surface area contributed by atoms with Gasteiger partial charge in [0.25, 0.3) is 0 Å². The molecular formula is C16H29BrN4. The van der Waals surface area contributed by atoms with Crippen LogP contribution < -0.4 is 5.32 Å². The van der Waals surface area contributed by atoms with Gasteiger partial charge in [-0.05, 0) is 56.3 Å². The number of aromatic nitrogens is 2. The van der Waals surface area contributed by atoms with Crippen molar-refractivity contribution in [3.8, 4) is 0 Å². The van der Waals surface area contributed by atoms with Crippen molar-refractivity contribution in [2.75, 3.05) is 20.6 Å². The maximum atomic E-state index is 4.53. The van der Waals surface area contributed by atoms with Crippen LogP contribution in [0.15, 0.2) is 10.7 Å². The van der Waals surface area contributed by atoms with Crippen LogP contribution >= 0.6 is 15.9 Å². The zero-order chi connectivity index (χ0) is 15.5. The molecule has 1 saturated carbocycles. The lowest BCUT2D eigenvalue weighted by Gasteiger charge is -2.49. The van der Waals surface area contributed by atoms with Crippen molar-refractivity contribution in [3.05, 3.63) is 16.4 Å². The fourth-order valence-electron chi connectivity index (χ4n) is 3.81. The minimum atomic E-state index is 0.184. The van der Waals surface area contributed by atoms with Crippen LogP contribution in [-0.4, -0.2) is 40.9 Å². The molecule has 1 aliphatic rings. The van der Waals surface area contributed by atoms with Gasteiger partial charge in [-0.25, -0.2) is 0 Å². The van der Waals surface area contributed by atoms with Gasteiger partial charge in [0.1, 0.15) is 0 Å². The molecule has 1 N–H and O–H groups in total. The van der Waals surface area contributed by atoms with Gasteiger partial charge in [-0.15, -0.1) is 0 Å². The Bertz CT molecular complexity index is 449. The Kier molecular flexibility index (Phi) is 5.86. The second-order valence-electron chi connectivity index (χ2n) is 6.24. The summed E-state index contributed by atoms with van der Waals surface area (Å²) in [7, 11) is 4.46. The number of nitrogens with one attached hydrogen (secondary N) is 1. The van der Waals surface area contributed by atoms with E-state index in [0.717, 1.165) is 17.6 Å². The lowest BCUT2D eigenvalue weighted by Crippen LogP contribution is -2.55. The highest BCUT2D eigenvalue weighted by molar-refractivity contribution is 9.10. The summed E-state index contributed by atoms with van der Waals surface area (Å²) in [5.41, 5.74) is 1.49. The van der Waals surface area contributed by atoms with Gasteiger partial charge < -0.3 is 10.2 Å². The molecule has 0 amide bonds. The summed E-state index contributed by atoms with van der Waals surface area (Å²) in [6.07, 6.45) is 8.44. The molecule has 0 bridgehead atoms. The molecule has 4 nitrogen and oxygen atoms in total. The minimum Gasteiger partial charge on any atom is -0.307 e. The van der Waals surface area contributed by atoms with Crippen LogP contribution in [0.4, 0.5) is 0 Å². The Hall–Kier alpha value is -0.390. The molecule has 21 heavy (non-hydrogen) atoms. The second-order valence-corrected chi connectivity index (χ2v) is 7.10. The first kappa shape index (κ1) is 17.0. The standard InChI is InChI=1S/C16H29BrN4/c1-5-18-15(14-13(17)12-19-21(14)6-2)16(20(3)4)10-8-7-9-11-16/h12,15,18H,5-11H2,1-4H3. The third-order valence-corrected chi connectivity index (χ3v) is 5.57. The van der Waals surface area contributed by atoms with Gasteiger partial charge >= 0.3 is 0 Å². The molecule has 1 fully saturated rings. The average Bonchev–Trinajstić information content (AvgIpc) is 2.86. The van der Waals surface area contributed by atoms with E-state index in [0.29, 0.717) is 6.04 Å². The van der Waals surface area contributed by atoms with E-state index in [4.69, 9.17) is 0 Å². The summed E-state index contributed by atoms with van der Waals surface area (Å²) in [5, 5.41) is 8.29. The summed E-state index contributed by atoms with van der Waals surface area (Å²) in [6.45, 7) is 6.24. The quantitative estimate of drug-likeness (QED) is 0.845. The molecule has 5 heteroatoms. The number of likely N-dealkylation sites (N-methyl/N-ethyl adjacent to an activating group) is 2. The number of aryl methyl sites for hydroxylation is 1. The Morgan fingerprint density at radius 3 is 2.52 bits per heavy atom. The Balaban J connectivity index is 2.47. The smallest absolute Gasteiger partial charge is 0.0714 e. The van der Waals surface area contributed by atoms with Gasteiger partial charge in [-0.3, -0.25) is 4.68 Å². The number of rotatable bonds is 6. The molecule has 0 aliphatic heterocycles. The first-order chi connectivity index (χ1) is 10.1. The first-order valence-corrected chi connectivity index (χ1v) is 8.98. The molecule has 1 aliphatic carbocycles. The Morgan fingerprint density at radius 1 is 1.33 bits per heavy atom. The Labute approximate surface area is 137 Å². The summed E-state index contributed by atoms with van der Waals surface area (Å²) in [5.74, 6) is 0. The van der Waals surface area contributed by atoms with Gasteiger partial charge in [-0.2, -0.15) is 5.10 Å². The third-order valence-electron chi connectivity index (χ3n) is 4.96. The molecule has 1 aromatic heterocycles. The summed E-state index contributed by atoms with van der Waals surface area (Å²) in [4.78, 5) is 2.44. The van der Waals surface area contributed by atoms with Gasteiger partial charge in [0, 0.05) is 12.1 Å². The molecule has 1 aromatic rings. The van der Waals surface area contributed by atoms with Crippen molar-refractivity contribution in [2.24, 2.45) is 0 Å². The van der Waals surface area contributed by atoms with Crippen LogP contribution in [0.5, 0.6) is 0 Å². The number of halogens is 1. The Morgan fingerprint density at radius 2 is 2.00 bits per heavy atom. The molecule has 1 atom stereocenters. The van der Waals surface area contributed by atoms with Crippen molar-refractivity contribution >= 4 is 15.9 Å². The fourth-order valence-corrected chi connectivity index (χ4v) is 4.34. The van der Waals surface area contributed by atoms with E-state index in [1.807, 2.05) is 6.20 Å². The maximum Gasteiger partial charge on any atom is 0.0714 e. The zero-order valence-electron chi connectivity index (χ0n) is 13.8. The zero-order valence-corrected chi connectivity index (χ0v) is 15.4. The number of hydrogen-bond donors (Lipinski definition) is 1. The van der Waals surface area contributed by atoms with Crippen molar-refractivity contribution < 1.29 is 0 Å².